The first-order valence-corrected chi connectivity index (χ1v) is 26.5. The lowest BCUT2D eigenvalue weighted by molar-refractivity contribution is 1.63. The lowest BCUT2D eigenvalue weighted by atomic mass is 9.79. The largest absolute Gasteiger partial charge is 0.0622 e. The van der Waals surface area contributed by atoms with E-state index in [9.17, 15) is 0 Å². The van der Waals surface area contributed by atoms with Crippen LogP contribution in [0.4, 0.5) is 0 Å². The summed E-state index contributed by atoms with van der Waals surface area (Å²) in [7, 11) is 0. The van der Waals surface area contributed by atoms with E-state index in [0.29, 0.717) is 0 Å². The second-order valence-corrected chi connectivity index (χ2v) is 20.5. The van der Waals surface area contributed by atoms with Crippen molar-refractivity contribution in [3.8, 4) is 66.8 Å². The van der Waals surface area contributed by atoms with Crippen molar-refractivity contribution >= 4 is 97.0 Å². The Morgan fingerprint density at radius 3 is 0.750 bits per heavy atom. The normalized spacial score (nSPS) is 11.9. The summed E-state index contributed by atoms with van der Waals surface area (Å²) in [5.41, 5.74) is 14.8. The SMILES string of the molecule is c1ccc(-c2ccc(-c3cc(-c4cc5ccccc5c5ccccc45)c4ccc5c(-c6ccc(-c7ccccc7)c7ccccc67)cc(-c6cc7ccccc7c7ccccc67)c6ccc3c4c56)c3ccccc23)cc1. The highest BCUT2D eigenvalue weighted by atomic mass is 14.3. The smallest absolute Gasteiger partial charge is 0.00139 e. The standard InChI is InChI=1S/C76H46/c1-3-19-47(20-4-1)53-35-37-63(59-31-15-11-29-57(53)59)71-45-73(69-43-49-23-7-9-25-51(49)55-27-13-17-33-61(55)69)67-42-40-66-72(64-38-36-54(48-21-5-2-6-22-48)58-30-12-16-32-60(58)64)46-74(68-41-39-65(71)75(67)76(66)68)70-44-50-24-8-10-26-52(50)56-28-14-18-34-62(56)70/h1-46H. The molecule has 0 aromatic heterocycles. The van der Waals surface area contributed by atoms with E-state index in [1.807, 2.05) is 0 Å². The number of fused-ring (bicyclic) bond motifs is 8. The Morgan fingerprint density at radius 1 is 0.132 bits per heavy atom. The molecule has 0 aliphatic rings. The summed E-state index contributed by atoms with van der Waals surface area (Å²) < 4.78 is 0. The van der Waals surface area contributed by atoms with Gasteiger partial charge in [0.2, 0.25) is 0 Å². The number of rotatable bonds is 6. The molecule has 0 N–H and O–H groups in total. The summed E-state index contributed by atoms with van der Waals surface area (Å²) in [4.78, 5) is 0. The molecule has 0 saturated heterocycles. The monoisotopic (exact) mass is 958 g/mol. The molecule has 0 spiro atoms. The number of hydrogen-bond donors (Lipinski definition) is 0. The molecule has 0 fully saturated rings. The van der Waals surface area contributed by atoms with Crippen LogP contribution in [0.15, 0.2) is 279 Å². The van der Waals surface area contributed by atoms with Crippen LogP contribution < -0.4 is 0 Å². The van der Waals surface area contributed by atoms with Crippen LogP contribution in [0.1, 0.15) is 0 Å². The van der Waals surface area contributed by atoms with Crippen LogP contribution in [0, 0.1) is 0 Å². The second kappa shape index (κ2) is 16.8. The Kier molecular flexibility index (Phi) is 9.44. The van der Waals surface area contributed by atoms with Gasteiger partial charge < -0.3 is 0 Å². The molecule has 76 heavy (non-hydrogen) atoms. The van der Waals surface area contributed by atoms with Crippen molar-refractivity contribution < 1.29 is 0 Å². The molecule has 0 bridgehead atoms. The van der Waals surface area contributed by atoms with Gasteiger partial charge in [-0.2, -0.15) is 0 Å². The fourth-order valence-electron chi connectivity index (χ4n) is 13.2. The Hall–Kier alpha value is -9.88. The van der Waals surface area contributed by atoms with Crippen molar-refractivity contribution in [1.29, 1.82) is 0 Å². The van der Waals surface area contributed by atoms with Crippen molar-refractivity contribution in [2.45, 2.75) is 0 Å². The van der Waals surface area contributed by atoms with Crippen LogP contribution in [0.2, 0.25) is 0 Å². The van der Waals surface area contributed by atoms with E-state index in [-0.39, 0.29) is 0 Å². The number of hydrogen-bond acceptors (Lipinski definition) is 0. The van der Waals surface area contributed by atoms with Crippen LogP contribution in [-0.2, 0) is 0 Å². The Bertz CT molecular complexity index is 4700. The van der Waals surface area contributed by atoms with E-state index in [1.165, 1.54) is 164 Å². The molecule has 0 aliphatic heterocycles. The third-order valence-electron chi connectivity index (χ3n) is 16.6. The highest BCUT2D eigenvalue weighted by molar-refractivity contribution is 6.34. The van der Waals surface area contributed by atoms with Crippen LogP contribution in [0.5, 0.6) is 0 Å². The molecule has 0 nitrogen and oxygen atoms in total. The highest BCUT2D eigenvalue weighted by Crippen LogP contribution is 2.52. The Morgan fingerprint density at radius 2 is 0.382 bits per heavy atom. The Labute approximate surface area is 440 Å². The predicted molar refractivity (Wildman–Crippen MR) is 328 cm³/mol. The van der Waals surface area contributed by atoms with Crippen molar-refractivity contribution in [3.63, 3.8) is 0 Å². The minimum atomic E-state index is 1.22. The molecule has 350 valence electrons. The number of benzene rings is 16. The zero-order valence-corrected chi connectivity index (χ0v) is 41.6. The first kappa shape index (κ1) is 42.6. The Balaban J connectivity index is 1.09. The zero-order valence-electron chi connectivity index (χ0n) is 41.6. The molecule has 16 aromatic rings. The van der Waals surface area contributed by atoms with E-state index in [4.69, 9.17) is 0 Å². The van der Waals surface area contributed by atoms with Gasteiger partial charge in [-0.1, -0.05) is 255 Å². The molecular formula is C76H46. The van der Waals surface area contributed by atoms with Gasteiger partial charge in [0.15, 0.2) is 0 Å². The lowest BCUT2D eigenvalue weighted by Crippen LogP contribution is -1.96. The summed E-state index contributed by atoms with van der Waals surface area (Å²) in [6, 6.07) is 105. The molecule has 16 rings (SSSR count). The van der Waals surface area contributed by atoms with Crippen molar-refractivity contribution in [2.24, 2.45) is 0 Å². The minimum absolute atomic E-state index is 1.22. The molecule has 0 aliphatic carbocycles. The molecule has 16 aromatic carbocycles. The molecule has 0 unspecified atom stereocenters. The third-order valence-corrected chi connectivity index (χ3v) is 16.6. The molecule has 0 atom stereocenters. The summed E-state index contributed by atoms with van der Waals surface area (Å²) in [5, 5.41) is 22.6. The van der Waals surface area contributed by atoms with Crippen LogP contribution in [0.3, 0.4) is 0 Å². The first-order valence-electron chi connectivity index (χ1n) is 26.5. The summed E-state index contributed by atoms with van der Waals surface area (Å²) in [6.07, 6.45) is 0. The average molecular weight is 959 g/mol. The van der Waals surface area contributed by atoms with E-state index in [2.05, 4.69) is 279 Å². The summed E-state index contributed by atoms with van der Waals surface area (Å²) in [5.74, 6) is 0. The van der Waals surface area contributed by atoms with Crippen LogP contribution >= 0.6 is 0 Å². The first-order chi connectivity index (χ1) is 37.7. The fourth-order valence-corrected chi connectivity index (χ4v) is 13.2. The molecule has 0 amide bonds. The fraction of sp³-hybridized carbons (Fsp3) is 0. The van der Waals surface area contributed by atoms with E-state index in [0.717, 1.165) is 0 Å². The van der Waals surface area contributed by atoms with Gasteiger partial charge in [-0.3, -0.25) is 0 Å². The van der Waals surface area contributed by atoms with Gasteiger partial charge in [-0.25, -0.2) is 0 Å². The van der Waals surface area contributed by atoms with Crippen LogP contribution in [0.25, 0.3) is 164 Å². The maximum absolute atomic E-state index is 2.52. The minimum Gasteiger partial charge on any atom is -0.0622 e. The molecule has 0 saturated carbocycles. The quantitative estimate of drug-likeness (QED) is 0.146. The van der Waals surface area contributed by atoms with E-state index < -0.39 is 0 Å². The zero-order chi connectivity index (χ0) is 49.8. The maximum Gasteiger partial charge on any atom is -0.00139 e. The topological polar surface area (TPSA) is 0 Å². The van der Waals surface area contributed by atoms with Crippen molar-refractivity contribution in [1.82, 2.24) is 0 Å². The predicted octanol–water partition coefficient (Wildman–Crippen LogP) is 21.5. The van der Waals surface area contributed by atoms with Gasteiger partial charge in [0.05, 0.1) is 0 Å². The van der Waals surface area contributed by atoms with Gasteiger partial charge in [0.1, 0.15) is 0 Å². The van der Waals surface area contributed by atoms with Gasteiger partial charge in [0.25, 0.3) is 0 Å². The summed E-state index contributed by atoms with van der Waals surface area (Å²) >= 11 is 0. The van der Waals surface area contributed by atoms with E-state index >= 15 is 0 Å². The second-order valence-electron chi connectivity index (χ2n) is 20.5. The van der Waals surface area contributed by atoms with Gasteiger partial charge in [-0.05, 0) is 188 Å². The average Bonchev–Trinajstić information content (AvgIpc) is 3.68. The van der Waals surface area contributed by atoms with Gasteiger partial charge in [0, 0.05) is 0 Å². The maximum atomic E-state index is 2.52. The third kappa shape index (κ3) is 6.38. The lowest BCUT2D eigenvalue weighted by Gasteiger charge is -2.24. The van der Waals surface area contributed by atoms with Crippen LogP contribution in [-0.4, -0.2) is 0 Å². The van der Waals surface area contributed by atoms with Crippen molar-refractivity contribution in [2.75, 3.05) is 0 Å². The molecule has 0 heterocycles. The van der Waals surface area contributed by atoms with Crippen molar-refractivity contribution in [3.05, 3.63) is 279 Å². The van der Waals surface area contributed by atoms with Gasteiger partial charge in [-0.15, -0.1) is 0 Å². The summed E-state index contributed by atoms with van der Waals surface area (Å²) in [6.45, 7) is 0. The molecule has 0 heteroatoms. The molecular weight excluding hydrogens is 913 g/mol. The van der Waals surface area contributed by atoms with E-state index in [1.54, 1.807) is 0 Å². The highest BCUT2D eigenvalue weighted by Gasteiger charge is 2.25. The molecule has 0 radical (unpaired) electrons. The van der Waals surface area contributed by atoms with Gasteiger partial charge >= 0.3 is 0 Å².